The van der Waals surface area contributed by atoms with Gasteiger partial charge in [0.25, 0.3) is 0 Å². The molecule has 0 saturated carbocycles. The van der Waals surface area contributed by atoms with E-state index in [1.54, 1.807) is 0 Å². The van der Waals surface area contributed by atoms with Crippen LogP contribution in [0.2, 0.25) is 0 Å². The first-order chi connectivity index (χ1) is 7.29. The highest BCUT2D eigenvalue weighted by molar-refractivity contribution is 7.12. The molecule has 0 radical (unpaired) electrons. The maximum atomic E-state index is 7.12. The summed E-state index contributed by atoms with van der Waals surface area (Å²) in [6.45, 7) is 0. The van der Waals surface area contributed by atoms with Gasteiger partial charge in [-0.1, -0.05) is 16.6 Å². The molecule has 0 aliphatic rings. The Labute approximate surface area is 91.6 Å². The molecule has 1 heterocycles. The lowest BCUT2D eigenvalue weighted by Gasteiger charge is -1.78. The third kappa shape index (κ3) is 6.15. The van der Waals surface area contributed by atoms with E-state index in [-0.39, 0.29) is 0 Å². The molecule has 0 atom stereocenters. The fourth-order valence-electron chi connectivity index (χ4n) is 0.725. The van der Waals surface area contributed by atoms with Crippen molar-refractivity contribution < 1.29 is 20.1 Å². The number of hydrogen-bond acceptors (Lipinski definition) is 7. The van der Waals surface area contributed by atoms with E-state index in [1.807, 2.05) is 24.3 Å². The van der Waals surface area contributed by atoms with Gasteiger partial charge in [0.1, 0.15) is 5.52 Å². The average Bonchev–Trinajstić information content (AvgIpc) is 2.67. The number of nitrogens with zero attached hydrogens (tertiary/aromatic N) is 2. The van der Waals surface area contributed by atoms with E-state index in [2.05, 4.69) is 9.59 Å². The number of aromatic nitrogens is 2. The number of rotatable bonds is 0. The second-order valence-electron chi connectivity index (χ2n) is 2.02. The molecule has 4 N–H and O–H groups in total. The fourth-order valence-corrected chi connectivity index (χ4v) is 1.28. The molecule has 0 aliphatic heterocycles. The van der Waals surface area contributed by atoms with Gasteiger partial charge in [0, 0.05) is 0 Å². The van der Waals surface area contributed by atoms with Crippen LogP contribution >= 0.6 is 11.5 Å². The van der Waals surface area contributed by atoms with E-state index in [9.17, 15) is 0 Å². The Balaban J connectivity index is 0.000000280. The van der Waals surface area contributed by atoms with E-state index < -0.39 is 15.4 Å². The van der Waals surface area contributed by atoms with Crippen molar-refractivity contribution in [3.63, 3.8) is 0 Å². The molecule has 2 rings (SSSR count). The first-order valence-electron chi connectivity index (χ1n) is 3.90. The van der Waals surface area contributed by atoms with Gasteiger partial charge in [-0.15, -0.1) is 5.10 Å². The van der Waals surface area contributed by atoms with Gasteiger partial charge in [0.05, 0.1) is 4.70 Å². The zero-order valence-corrected chi connectivity index (χ0v) is 8.63. The largest absolute Gasteiger partial charge is 0.432 e. The van der Waals surface area contributed by atoms with Crippen molar-refractivity contribution in [3.8, 4) is 0 Å². The molecular weight excluding hydrogens is 218 g/mol. The molecule has 0 amide bonds. The van der Waals surface area contributed by atoms with Crippen LogP contribution in [0.1, 0.15) is 0 Å². The standard InChI is InChI=1S/C6H4N2S.2BH3O2/c1-2-4-6-5(3-1)7-8-9-6;2*2-1-3/h1-4H;2*1-3H. The van der Waals surface area contributed by atoms with Gasteiger partial charge >= 0.3 is 15.4 Å². The summed E-state index contributed by atoms with van der Waals surface area (Å²) >= 11 is 1.43. The van der Waals surface area contributed by atoms with Crippen molar-refractivity contribution in [3.05, 3.63) is 24.3 Å². The van der Waals surface area contributed by atoms with Crippen molar-refractivity contribution in [2.75, 3.05) is 0 Å². The molecule has 15 heavy (non-hydrogen) atoms. The minimum absolute atomic E-state index is 0.750. The van der Waals surface area contributed by atoms with Crippen LogP contribution in [0.15, 0.2) is 24.3 Å². The van der Waals surface area contributed by atoms with Gasteiger partial charge in [0.2, 0.25) is 0 Å². The van der Waals surface area contributed by atoms with Crippen LogP contribution in [0.4, 0.5) is 0 Å². The van der Waals surface area contributed by atoms with E-state index in [0.717, 1.165) is 10.2 Å². The second kappa shape index (κ2) is 9.56. The lowest BCUT2D eigenvalue weighted by Crippen LogP contribution is -1.75. The van der Waals surface area contributed by atoms with Crippen LogP contribution in [0.25, 0.3) is 10.2 Å². The smallest absolute Gasteiger partial charge is 0.430 e. The Morgan fingerprint density at radius 1 is 1.00 bits per heavy atom. The zero-order valence-electron chi connectivity index (χ0n) is 7.82. The Kier molecular flexibility index (Phi) is 8.93. The van der Waals surface area contributed by atoms with Crippen LogP contribution < -0.4 is 0 Å². The quantitative estimate of drug-likeness (QED) is 0.395. The van der Waals surface area contributed by atoms with E-state index in [4.69, 9.17) is 20.1 Å². The lowest BCUT2D eigenvalue weighted by atomic mass is 10.3. The molecule has 2 aromatic rings. The Hall–Kier alpha value is -0.990. The van der Waals surface area contributed by atoms with Gasteiger partial charge in [0.15, 0.2) is 0 Å². The highest BCUT2D eigenvalue weighted by Gasteiger charge is 1.91. The molecule has 0 bridgehead atoms. The summed E-state index contributed by atoms with van der Waals surface area (Å²) in [5.41, 5.74) is 0.988. The van der Waals surface area contributed by atoms with Gasteiger partial charge in [-0.2, -0.15) is 0 Å². The van der Waals surface area contributed by atoms with Crippen molar-refractivity contribution in [1.29, 1.82) is 0 Å². The summed E-state index contributed by atoms with van der Waals surface area (Å²) in [4.78, 5) is 0. The molecule has 80 valence electrons. The molecule has 0 aliphatic carbocycles. The summed E-state index contributed by atoms with van der Waals surface area (Å²) in [5, 5.41) is 32.4. The highest BCUT2D eigenvalue weighted by atomic mass is 32.1. The highest BCUT2D eigenvalue weighted by Crippen LogP contribution is 2.12. The summed E-state index contributed by atoms with van der Waals surface area (Å²) in [5.74, 6) is 0. The van der Waals surface area contributed by atoms with Crippen molar-refractivity contribution >= 4 is 37.1 Å². The maximum absolute atomic E-state index is 7.12. The first-order valence-corrected chi connectivity index (χ1v) is 4.68. The van der Waals surface area contributed by atoms with Crippen LogP contribution in [0.5, 0.6) is 0 Å². The molecule has 0 unspecified atom stereocenters. The lowest BCUT2D eigenvalue weighted by molar-refractivity contribution is 0.447. The van der Waals surface area contributed by atoms with Gasteiger partial charge in [-0.25, -0.2) is 0 Å². The second-order valence-corrected chi connectivity index (χ2v) is 2.81. The zero-order chi connectivity index (χ0) is 11.5. The average molecular weight is 228 g/mol. The van der Waals surface area contributed by atoms with E-state index in [1.165, 1.54) is 11.5 Å². The molecule has 1 aromatic carbocycles. The predicted molar refractivity (Wildman–Crippen MR) is 60.6 cm³/mol. The predicted octanol–water partition coefficient (Wildman–Crippen LogP) is -1.83. The van der Waals surface area contributed by atoms with Crippen LogP contribution in [-0.2, 0) is 0 Å². The normalized spacial score (nSPS) is 8.00. The first kappa shape index (κ1) is 14.0. The fraction of sp³-hybridized carbons (Fsp3) is 0. The SMILES string of the molecule is OBO.OBO.c1ccc2snnc2c1. The molecular formula is C6H10B2N2O4S. The van der Waals surface area contributed by atoms with Gasteiger partial charge < -0.3 is 20.1 Å². The molecule has 0 spiro atoms. The van der Waals surface area contributed by atoms with E-state index in [0.29, 0.717) is 0 Å². The number of fused-ring (bicyclic) bond motifs is 1. The molecule has 6 nitrogen and oxygen atoms in total. The maximum Gasteiger partial charge on any atom is 0.432 e. The van der Waals surface area contributed by atoms with Gasteiger partial charge in [-0.3, -0.25) is 0 Å². The molecule has 0 saturated heterocycles. The summed E-state index contributed by atoms with van der Waals surface area (Å²) in [6, 6.07) is 7.92. The Bertz CT molecular complexity index is 329. The topological polar surface area (TPSA) is 107 Å². The summed E-state index contributed by atoms with van der Waals surface area (Å²) in [6.07, 6.45) is 0. The molecule has 1 aromatic heterocycles. The van der Waals surface area contributed by atoms with E-state index >= 15 is 0 Å². The van der Waals surface area contributed by atoms with Gasteiger partial charge in [-0.05, 0) is 23.7 Å². The van der Waals surface area contributed by atoms with Crippen LogP contribution in [0, 0.1) is 0 Å². The third-order valence-corrected chi connectivity index (χ3v) is 1.86. The monoisotopic (exact) mass is 228 g/mol. The summed E-state index contributed by atoms with van der Waals surface area (Å²) in [7, 11) is -1.50. The van der Waals surface area contributed by atoms with Crippen LogP contribution in [0.3, 0.4) is 0 Å². The van der Waals surface area contributed by atoms with Crippen molar-refractivity contribution in [2.45, 2.75) is 0 Å². The Morgan fingerprint density at radius 2 is 1.53 bits per heavy atom. The minimum atomic E-state index is -0.750. The number of hydrogen-bond donors (Lipinski definition) is 4. The van der Waals surface area contributed by atoms with Crippen LogP contribution in [-0.4, -0.2) is 45.1 Å². The molecule has 0 fully saturated rings. The minimum Gasteiger partial charge on any atom is -0.430 e. The summed E-state index contributed by atoms with van der Waals surface area (Å²) < 4.78 is 4.94. The third-order valence-electron chi connectivity index (χ3n) is 1.15. The number of benzene rings is 1. The van der Waals surface area contributed by atoms with Crippen molar-refractivity contribution in [1.82, 2.24) is 9.59 Å². The van der Waals surface area contributed by atoms with Crippen molar-refractivity contribution in [2.24, 2.45) is 0 Å². The Morgan fingerprint density at radius 3 is 2.07 bits per heavy atom. The molecule has 9 heteroatoms.